The zero-order valence-corrected chi connectivity index (χ0v) is 11.0. The molecule has 0 atom stereocenters. The van der Waals surface area contributed by atoms with Crippen LogP contribution < -0.4 is 5.73 Å². The SMILES string of the molecule is Cc1cc2ccccc2n1CCC(C)(C)CN. The number of hydrogen-bond acceptors (Lipinski definition) is 1. The monoisotopic (exact) mass is 230 g/mol. The Kier molecular flexibility index (Phi) is 3.25. The normalized spacial score (nSPS) is 12.2. The minimum atomic E-state index is 0.220. The highest BCUT2D eigenvalue weighted by Crippen LogP contribution is 2.24. The summed E-state index contributed by atoms with van der Waals surface area (Å²) in [5.74, 6) is 0. The summed E-state index contributed by atoms with van der Waals surface area (Å²) in [6.45, 7) is 8.42. The molecule has 0 amide bonds. The van der Waals surface area contributed by atoms with Gasteiger partial charge in [0.05, 0.1) is 0 Å². The second kappa shape index (κ2) is 4.53. The number of fused-ring (bicyclic) bond motifs is 1. The molecule has 0 aliphatic carbocycles. The van der Waals surface area contributed by atoms with Gasteiger partial charge in [-0.2, -0.15) is 0 Å². The van der Waals surface area contributed by atoms with Gasteiger partial charge in [-0.25, -0.2) is 0 Å². The van der Waals surface area contributed by atoms with Gasteiger partial charge in [0.25, 0.3) is 0 Å². The third-order valence-corrected chi connectivity index (χ3v) is 3.58. The predicted octanol–water partition coefficient (Wildman–Crippen LogP) is 3.32. The molecule has 2 N–H and O–H groups in total. The Labute approximate surface area is 103 Å². The molecule has 2 nitrogen and oxygen atoms in total. The van der Waals surface area contributed by atoms with Crippen molar-refractivity contribution in [3.05, 3.63) is 36.0 Å². The van der Waals surface area contributed by atoms with E-state index >= 15 is 0 Å². The average Bonchev–Trinajstić information content (AvgIpc) is 2.62. The summed E-state index contributed by atoms with van der Waals surface area (Å²) in [5, 5.41) is 1.33. The molecule has 0 radical (unpaired) electrons. The van der Waals surface area contributed by atoms with Crippen LogP contribution in [-0.4, -0.2) is 11.1 Å². The third kappa shape index (κ3) is 2.52. The fourth-order valence-corrected chi connectivity index (χ4v) is 2.16. The molecule has 0 aliphatic rings. The number of aromatic nitrogens is 1. The van der Waals surface area contributed by atoms with Crippen molar-refractivity contribution in [2.75, 3.05) is 6.54 Å². The Morgan fingerprint density at radius 3 is 2.65 bits per heavy atom. The summed E-state index contributed by atoms with van der Waals surface area (Å²) >= 11 is 0. The number of rotatable bonds is 4. The van der Waals surface area contributed by atoms with Gasteiger partial charge in [-0.3, -0.25) is 0 Å². The van der Waals surface area contributed by atoms with Crippen LogP contribution in [0.25, 0.3) is 10.9 Å². The van der Waals surface area contributed by atoms with E-state index in [0.29, 0.717) is 0 Å². The van der Waals surface area contributed by atoms with Gasteiger partial charge < -0.3 is 10.3 Å². The van der Waals surface area contributed by atoms with E-state index in [1.165, 1.54) is 16.6 Å². The van der Waals surface area contributed by atoms with E-state index in [0.717, 1.165) is 19.5 Å². The first-order valence-corrected chi connectivity index (χ1v) is 6.28. The lowest BCUT2D eigenvalue weighted by Gasteiger charge is -2.23. The molecular formula is C15H22N2. The molecule has 2 aromatic rings. The molecule has 0 saturated heterocycles. The molecule has 1 aromatic carbocycles. The van der Waals surface area contributed by atoms with Crippen LogP contribution in [0.3, 0.4) is 0 Å². The van der Waals surface area contributed by atoms with Crippen LogP contribution >= 0.6 is 0 Å². The van der Waals surface area contributed by atoms with Crippen molar-refractivity contribution in [2.45, 2.75) is 33.7 Å². The van der Waals surface area contributed by atoms with Gasteiger partial charge in [0.2, 0.25) is 0 Å². The number of aryl methyl sites for hydroxylation is 2. The zero-order chi connectivity index (χ0) is 12.5. The molecule has 2 heteroatoms. The highest BCUT2D eigenvalue weighted by Gasteiger charge is 2.16. The third-order valence-electron chi connectivity index (χ3n) is 3.58. The molecule has 0 bridgehead atoms. The maximum Gasteiger partial charge on any atom is 0.0482 e. The second-order valence-electron chi connectivity index (χ2n) is 5.61. The number of para-hydroxylation sites is 1. The van der Waals surface area contributed by atoms with Crippen LogP contribution in [0, 0.1) is 12.3 Å². The van der Waals surface area contributed by atoms with E-state index < -0.39 is 0 Å². The highest BCUT2D eigenvalue weighted by atomic mass is 15.0. The van der Waals surface area contributed by atoms with E-state index in [-0.39, 0.29) is 5.41 Å². The summed E-state index contributed by atoms with van der Waals surface area (Å²) in [6.07, 6.45) is 1.11. The molecular weight excluding hydrogens is 208 g/mol. The highest BCUT2D eigenvalue weighted by molar-refractivity contribution is 5.81. The molecule has 0 aliphatic heterocycles. The number of nitrogens with two attached hydrogens (primary N) is 1. The van der Waals surface area contributed by atoms with Crippen molar-refractivity contribution in [3.63, 3.8) is 0 Å². The molecule has 17 heavy (non-hydrogen) atoms. The summed E-state index contributed by atoms with van der Waals surface area (Å²) in [7, 11) is 0. The fourth-order valence-electron chi connectivity index (χ4n) is 2.16. The van der Waals surface area contributed by atoms with Crippen molar-refractivity contribution in [2.24, 2.45) is 11.1 Å². The first-order valence-electron chi connectivity index (χ1n) is 6.28. The summed E-state index contributed by atoms with van der Waals surface area (Å²) in [6, 6.07) is 10.8. The van der Waals surface area contributed by atoms with E-state index in [1.807, 2.05) is 0 Å². The van der Waals surface area contributed by atoms with E-state index in [9.17, 15) is 0 Å². The van der Waals surface area contributed by atoms with Crippen molar-refractivity contribution in [1.29, 1.82) is 0 Å². The lowest BCUT2D eigenvalue weighted by Crippen LogP contribution is -2.25. The van der Waals surface area contributed by atoms with Gasteiger partial charge in [0.1, 0.15) is 0 Å². The molecule has 92 valence electrons. The van der Waals surface area contributed by atoms with Gasteiger partial charge >= 0.3 is 0 Å². The molecule has 0 unspecified atom stereocenters. The summed E-state index contributed by atoms with van der Waals surface area (Å²) < 4.78 is 2.40. The van der Waals surface area contributed by atoms with Crippen LogP contribution in [0.2, 0.25) is 0 Å². The molecule has 2 rings (SSSR count). The Bertz CT molecular complexity index is 509. The minimum absolute atomic E-state index is 0.220. The molecule has 0 fully saturated rings. The Balaban J connectivity index is 2.27. The topological polar surface area (TPSA) is 30.9 Å². The van der Waals surface area contributed by atoms with Crippen molar-refractivity contribution in [3.8, 4) is 0 Å². The lowest BCUT2D eigenvalue weighted by atomic mass is 9.89. The van der Waals surface area contributed by atoms with Crippen LogP contribution in [0.4, 0.5) is 0 Å². The van der Waals surface area contributed by atoms with E-state index in [2.05, 4.69) is 55.7 Å². The molecule has 0 spiro atoms. The Hall–Kier alpha value is -1.28. The van der Waals surface area contributed by atoms with E-state index in [4.69, 9.17) is 5.73 Å². The first-order chi connectivity index (χ1) is 8.03. The van der Waals surface area contributed by atoms with Gasteiger partial charge in [0, 0.05) is 17.8 Å². The first kappa shape index (κ1) is 12.2. The van der Waals surface area contributed by atoms with Gasteiger partial charge in [0.15, 0.2) is 0 Å². The molecule has 0 saturated carbocycles. The minimum Gasteiger partial charge on any atom is -0.345 e. The van der Waals surface area contributed by atoms with E-state index in [1.54, 1.807) is 0 Å². The van der Waals surface area contributed by atoms with Gasteiger partial charge in [-0.1, -0.05) is 32.0 Å². The van der Waals surface area contributed by atoms with Crippen LogP contribution in [0.1, 0.15) is 26.0 Å². The summed E-state index contributed by atoms with van der Waals surface area (Å²) in [5.41, 5.74) is 8.67. The Morgan fingerprint density at radius 1 is 1.24 bits per heavy atom. The van der Waals surface area contributed by atoms with Crippen LogP contribution in [-0.2, 0) is 6.54 Å². The number of benzene rings is 1. The molecule has 1 heterocycles. The van der Waals surface area contributed by atoms with Crippen molar-refractivity contribution >= 4 is 10.9 Å². The fraction of sp³-hybridized carbons (Fsp3) is 0.467. The van der Waals surface area contributed by atoms with Crippen LogP contribution in [0.15, 0.2) is 30.3 Å². The number of nitrogens with zero attached hydrogens (tertiary/aromatic N) is 1. The van der Waals surface area contributed by atoms with Gasteiger partial charge in [-0.05, 0) is 42.8 Å². The average molecular weight is 230 g/mol. The van der Waals surface area contributed by atoms with Gasteiger partial charge in [-0.15, -0.1) is 0 Å². The maximum absolute atomic E-state index is 5.79. The zero-order valence-electron chi connectivity index (χ0n) is 11.0. The smallest absolute Gasteiger partial charge is 0.0482 e. The molecule has 1 aromatic heterocycles. The largest absolute Gasteiger partial charge is 0.345 e. The quantitative estimate of drug-likeness (QED) is 0.858. The standard InChI is InChI=1S/C15H22N2/c1-12-10-13-6-4-5-7-14(13)17(12)9-8-15(2,3)11-16/h4-7,10H,8-9,11,16H2,1-3H3. The second-order valence-corrected chi connectivity index (χ2v) is 5.61. The predicted molar refractivity (Wildman–Crippen MR) is 74.1 cm³/mol. The Morgan fingerprint density at radius 2 is 1.94 bits per heavy atom. The van der Waals surface area contributed by atoms with Crippen molar-refractivity contribution in [1.82, 2.24) is 4.57 Å². The summed E-state index contributed by atoms with van der Waals surface area (Å²) in [4.78, 5) is 0. The van der Waals surface area contributed by atoms with Crippen molar-refractivity contribution < 1.29 is 0 Å². The maximum atomic E-state index is 5.79. The van der Waals surface area contributed by atoms with Crippen LogP contribution in [0.5, 0.6) is 0 Å². The number of hydrogen-bond donors (Lipinski definition) is 1. The lowest BCUT2D eigenvalue weighted by molar-refractivity contribution is 0.325.